The topological polar surface area (TPSA) is 40.5 Å². The monoisotopic (exact) mass is 286 g/mol. The Morgan fingerprint density at radius 3 is 2.86 bits per heavy atom. The van der Waals surface area contributed by atoms with E-state index >= 15 is 0 Å². The van der Waals surface area contributed by atoms with Crippen molar-refractivity contribution in [2.24, 2.45) is 23.2 Å². The van der Waals surface area contributed by atoms with Crippen LogP contribution in [0.3, 0.4) is 0 Å². The molecule has 0 amide bonds. The van der Waals surface area contributed by atoms with Crippen molar-refractivity contribution in [3.8, 4) is 5.75 Å². The van der Waals surface area contributed by atoms with Gasteiger partial charge in [0.05, 0.1) is 6.10 Å². The van der Waals surface area contributed by atoms with E-state index in [-0.39, 0.29) is 6.10 Å². The highest BCUT2D eigenvalue weighted by Gasteiger charge is 2.56. The molecule has 0 spiro atoms. The predicted molar refractivity (Wildman–Crippen MR) is 83.3 cm³/mol. The van der Waals surface area contributed by atoms with E-state index in [1.807, 2.05) is 12.1 Å². The predicted octanol–water partition coefficient (Wildman–Crippen LogP) is 3.86. The number of aryl methyl sites for hydroxylation is 1. The van der Waals surface area contributed by atoms with E-state index in [1.165, 1.54) is 30.4 Å². The first-order chi connectivity index (χ1) is 9.99. The molecule has 21 heavy (non-hydrogen) atoms. The van der Waals surface area contributed by atoms with Gasteiger partial charge in [-0.15, -0.1) is 0 Å². The Kier molecular flexibility index (Phi) is 2.91. The minimum Gasteiger partial charge on any atom is -0.508 e. The van der Waals surface area contributed by atoms with E-state index in [4.69, 9.17) is 0 Å². The number of aromatic hydroxyl groups is 1. The maximum Gasteiger partial charge on any atom is 0.115 e. The molecule has 0 aromatic heterocycles. The van der Waals surface area contributed by atoms with Crippen molar-refractivity contribution < 1.29 is 10.2 Å². The van der Waals surface area contributed by atoms with Crippen LogP contribution in [0.25, 0.3) is 0 Å². The van der Waals surface area contributed by atoms with Crippen molar-refractivity contribution in [1.29, 1.82) is 0 Å². The fraction of sp³-hybridized carbons (Fsp3) is 0.684. The lowest BCUT2D eigenvalue weighted by Gasteiger charge is -2.50. The van der Waals surface area contributed by atoms with Crippen LogP contribution in [-0.4, -0.2) is 16.3 Å². The highest BCUT2D eigenvalue weighted by molar-refractivity contribution is 5.40. The fourth-order valence-electron chi connectivity index (χ4n) is 6.06. The number of aliphatic hydroxyl groups is 1. The van der Waals surface area contributed by atoms with Crippen molar-refractivity contribution in [3.05, 3.63) is 29.3 Å². The standard InChI is InChI=1S/C19H26O2/c1-11-17(21)10-19(2)8-7-15-14-6-4-13(20)9-12(14)3-5-16(15)18(11)19/h4,6,9,11,15-18,20-21H,3,5,7-8,10H2,1-2H3/t11-,15+,16+,17+,18-,19+/m0/s1. The molecule has 6 atom stereocenters. The molecule has 0 bridgehead atoms. The molecule has 2 heteroatoms. The van der Waals surface area contributed by atoms with Gasteiger partial charge in [-0.05, 0) is 84.5 Å². The largest absolute Gasteiger partial charge is 0.508 e. The van der Waals surface area contributed by atoms with Gasteiger partial charge in [-0.3, -0.25) is 0 Å². The summed E-state index contributed by atoms with van der Waals surface area (Å²) >= 11 is 0. The maximum atomic E-state index is 10.4. The highest BCUT2D eigenvalue weighted by Crippen LogP contribution is 2.62. The average Bonchev–Trinajstić information content (AvgIpc) is 2.68. The minimum absolute atomic E-state index is 0.111. The highest BCUT2D eigenvalue weighted by atomic mass is 16.3. The van der Waals surface area contributed by atoms with E-state index in [2.05, 4.69) is 19.9 Å². The molecule has 4 rings (SSSR count). The first-order valence-electron chi connectivity index (χ1n) is 8.49. The third kappa shape index (κ3) is 1.88. The number of benzene rings is 1. The van der Waals surface area contributed by atoms with Crippen molar-refractivity contribution in [2.75, 3.05) is 0 Å². The molecule has 1 aromatic rings. The molecular weight excluding hydrogens is 260 g/mol. The van der Waals surface area contributed by atoms with Crippen molar-refractivity contribution in [2.45, 2.75) is 58.0 Å². The maximum absolute atomic E-state index is 10.4. The van der Waals surface area contributed by atoms with Gasteiger partial charge >= 0.3 is 0 Å². The molecule has 0 heterocycles. The van der Waals surface area contributed by atoms with Gasteiger partial charge in [0.1, 0.15) is 5.75 Å². The fourth-order valence-corrected chi connectivity index (χ4v) is 6.06. The molecule has 1 aromatic carbocycles. The lowest BCUT2D eigenvalue weighted by atomic mass is 9.54. The van der Waals surface area contributed by atoms with Crippen LogP contribution in [0.5, 0.6) is 5.75 Å². The van der Waals surface area contributed by atoms with Gasteiger partial charge in [-0.25, -0.2) is 0 Å². The average molecular weight is 286 g/mol. The van der Waals surface area contributed by atoms with E-state index in [9.17, 15) is 10.2 Å². The Morgan fingerprint density at radius 2 is 2.05 bits per heavy atom. The SMILES string of the molecule is C[C@@H]1[C@H]2[C@@H]3CCc4cc(O)ccc4[C@H]3CC[C@]2(C)C[C@H]1O. The van der Waals surface area contributed by atoms with E-state index in [1.54, 1.807) is 0 Å². The van der Waals surface area contributed by atoms with Crippen LogP contribution in [0.15, 0.2) is 18.2 Å². The smallest absolute Gasteiger partial charge is 0.115 e. The number of rotatable bonds is 0. The van der Waals surface area contributed by atoms with E-state index in [0.717, 1.165) is 12.8 Å². The third-order valence-electron chi connectivity index (χ3n) is 6.93. The number of aliphatic hydroxyl groups excluding tert-OH is 1. The van der Waals surface area contributed by atoms with Crippen LogP contribution >= 0.6 is 0 Å². The number of phenols is 1. The zero-order valence-electron chi connectivity index (χ0n) is 13.0. The first kappa shape index (κ1) is 13.6. The second-order valence-corrected chi connectivity index (χ2v) is 8.04. The molecule has 2 fully saturated rings. The van der Waals surface area contributed by atoms with Gasteiger partial charge in [0, 0.05) is 0 Å². The number of phenolic OH excluding ortho intramolecular Hbond substituents is 1. The molecule has 2 nitrogen and oxygen atoms in total. The van der Waals surface area contributed by atoms with Gasteiger partial charge < -0.3 is 10.2 Å². The normalized spacial score (nSPS) is 44.8. The molecular formula is C19H26O2. The van der Waals surface area contributed by atoms with Crippen LogP contribution in [0.1, 0.15) is 56.6 Å². The summed E-state index contributed by atoms with van der Waals surface area (Å²) in [4.78, 5) is 0. The van der Waals surface area contributed by atoms with Gasteiger partial charge in [0.2, 0.25) is 0 Å². The summed E-state index contributed by atoms with van der Waals surface area (Å²) in [7, 11) is 0. The zero-order chi connectivity index (χ0) is 14.8. The summed E-state index contributed by atoms with van der Waals surface area (Å²) in [6.07, 6.45) is 5.67. The van der Waals surface area contributed by atoms with Crippen LogP contribution in [-0.2, 0) is 6.42 Å². The Labute approximate surface area is 127 Å². The molecule has 0 aliphatic heterocycles. The minimum atomic E-state index is -0.111. The molecule has 114 valence electrons. The molecule has 2 N–H and O–H groups in total. The summed E-state index contributed by atoms with van der Waals surface area (Å²) in [5, 5.41) is 20.1. The van der Waals surface area contributed by atoms with Crippen LogP contribution in [0, 0.1) is 23.2 Å². The molecule has 3 aliphatic rings. The summed E-state index contributed by atoms with van der Waals surface area (Å²) in [5.74, 6) is 2.85. The van der Waals surface area contributed by atoms with Crippen LogP contribution in [0.2, 0.25) is 0 Å². The van der Waals surface area contributed by atoms with Crippen LogP contribution < -0.4 is 0 Å². The third-order valence-corrected chi connectivity index (χ3v) is 6.93. The second kappa shape index (κ2) is 4.49. The van der Waals surface area contributed by atoms with Crippen molar-refractivity contribution >= 4 is 0 Å². The van der Waals surface area contributed by atoms with Gasteiger partial charge in [0.15, 0.2) is 0 Å². The Balaban J connectivity index is 1.73. The van der Waals surface area contributed by atoms with E-state index < -0.39 is 0 Å². The molecule has 0 unspecified atom stereocenters. The van der Waals surface area contributed by atoms with Gasteiger partial charge in [-0.1, -0.05) is 19.9 Å². The first-order valence-corrected chi connectivity index (χ1v) is 8.49. The molecule has 3 aliphatic carbocycles. The lowest BCUT2D eigenvalue weighted by molar-refractivity contribution is 0.0353. The molecule has 0 radical (unpaired) electrons. The summed E-state index contributed by atoms with van der Waals surface area (Å²) in [5.41, 5.74) is 3.17. The Bertz CT molecular complexity index is 567. The van der Waals surface area contributed by atoms with Crippen LogP contribution in [0.4, 0.5) is 0 Å². The van der Waals surface area contributed by atoms with E-state index in [0.29, 0.717) is 34.8 Å². The van der Waals surface area contributed by atoms with Crippen molar-refractivity contribution in [3.63, 3.8) is 0 Å². The second-order valence-electron chi connectivity index (χ2n) is 8.04. The summed E-state index contributed by atoms with van der Waals surface area (Å²) < 4.78 is 0. The number of fused-ring (bicyclic) bond motifs is 5. The number of hydrogen-bond donors (Lipinski definition) is 2. The number of hydrogen-bond acceptors (Lipinski definition) is 2. The van der Waals surface area contributed by atoms with Crippen molar-refractivity contribution in [1.82, 2.24) is 0 Å². The lowest BCUT2D eigenvalue weighted by Crippen LogP contribution is -2.41. The van der Waals surface area contributed by atoms with Gasteiger partial charge in [0.25, 0.3) is 0 Å². The zero-order valence-corrected chi connectivity index (χ0v) is 13.0. The summed E-state index contributed by atoms with van der Waals surface area (Å²) in [6, 6.07) is 5.97. The molecule has 2 saturated carbocycles. The Hall–Kier alpha value is -1.02. The van der Waals surface area contributed by atoms with Gasteiger partial charge in [-0.2, -0.15) is 0 Å². The summed E-state index contributed by atoms with van der Waals surface area (Å²) in [6.45, 7) is 4.67. The quantitative estimate of drug-likeness (QED) is 0.760. The Morgan fingerprint density at radius 1 is 1.24 bits per heavy atom. The molecule has 0 saturated heterocycles.